The van der Waals surface area contributed by atoms with Gasteiger partial charge >= 0.3 is 0 Å². The molecule has 10 rings (SSSR count). The van der Waals surface area contributed by atoms with Gasteiger partial charge < -0.3 is 0 Å². The molecule has 0 saturated carbocycles. The first kappa shape index (κ1) is 32.7. The predicted octanol–water partition coefficient (Wildman–Crippen LogP) is 14.8. The fourth-order valence-electron chi connectivity index (χ4n) is 8.98. The van der Waals surface area contributed by atoms with Crippen LogP contribution >= 0.6 is 0 Å². The zero-order valence-corrected chi connectivity index (χ0v) is 32.1. The highest BCUT2D eigenvalue weighted by atomic mass is 14.4. The lowest BCUT2D eigenvalue weighted by molar-refractivity contribution is 0.569. The van der Waals surface area contributed by atoms with Gasteiger partial charge in [0, 0.05) is 5.41 Å². The van der Waals surface area contributed by atoms with Crippen molar-refractivity contribution >= 4 is 32.3 Å². The maximum Gasteiger partial charge on any atom is 0.0159 e. The molecule has 8 aromatic rings. The fraction of sp³-hybridized carbons (Fsp3) is 0.231. The molecule has 0 aliphatic heterocycles. The van der Waals surface area contributed by atoms with Gasteiger partial charge in [0.2, 0.25) is 0 Å². The van der Waals surface area contributed by atoms with Gasteiger partial charge in [0.25, 0.3) is 0 Å². The first-order chi connectivity index (χ1) is 24.7. The van der Waals surface area contributed by atoms with Gasteiger partial charge in [-0.15, -0.1) is 0 Å². The first-order valence-corrected chi connectivity index (χ1v) is 18.9. The van der Waals surface area contributed by atoms with Crippen molar-refractivity contribution in [2.45, 2.75) is 78.6 Å². The Morgan fingerprint density at radius 1 is 0.404 bits per heavy atom. The number of benzene rings is 8. The Bertz CT molecular complexity index is 2670. The van der Waals surface area contributed by atoms with E-state index < -0.39 is 0 Å². The summed E-state index contributed by atoms with van der Waals surface area (Å²) in [5, 5.41) is 8.24. The van der Waals surface area contributed by atoms with Crippen molar-refractivity contribution in [2.75, 3.05) is 0 Å². The molecule has 0 nitrogen and oxygen atoms in total. The Kier molecular flexibility index (Phi) is 7.01. The van der Waals surface area contributed by atoms with E-state index >= 15 is 0 Å². The molecule has 52 heavy (non-hydrogen) atoms. The van der Waals surface area contributed by atoms with Crippen LogP contribution in [-0.2, 0) is 16.2 Å². The second-order valence-corrected chi connectivity index (χ2v) is 17.9. The molecular formula is C52H48. The largest absolute Gasteiger partial charge is 0.0622 e. The molecule has 0 N–H and O–H groups in total. The molecule has 0 aromatic heterocycles. The van der Waals surface area contributed by atoms with Crippen LogP contribution in [0.15, 0.2) is 127 Å². The van der Waals surface area contributed by atoms with E-state index in [0.717, 1.165) is 0 Å². The standard InChI is InChI=1S/C45H40.C7H8/c1-43(2,3)28-19-27(20-29(22-28)44(4,5)6)30-16-15-26-21-37-34-23-36-31-11-9-10-12-38(31)45(7,8)39(36)24-35(34)33-18-14-25-13-17-32(30)40(26)41(25)42(33)37;1-7-5-3-2-4-6-7/h9-24H,1-8H3;2-6H,1H3. The van der Waals surface area contributed by atoms with Crippen LogP contribution in [0.2, 0.25) is 0 Å². The Balaban J connectivity index is 0.000000464. The molecule has 0 heterocycles. The van der Waals surface area contributed by atoms with Crippen molar-refractivity contribution in [1.82, 2.24) is 0 Å². The summed E-state index contributed by atoms with van der Waals surface area (Å²) in [6, 6.07) is 48.3. The van der Waals surface area contributed by atoms with Crippen LogP contribution in [0.5, 0.6) is 0 Å². The minimum atomic E-state index is -0.0107. The van der Waals surface area contributed by atoms with Crippen LogP contribution in [0.4, 0.5) is 0 Å². The highest BCUT2D eigenvalue weighted by Crippen LogP contribution is 2.57. The van der Waals surface area contributed by atoms with E-state index in [9.17, 15) is 0 Å². The van der Waals surface area contributed by atoms with Gasteiger partial charge in [-0.25, -0.2) is 0 Å². The van der Waals surface area contributed by atoms with Crippen molar-refractivity contribution in [1.29, 1.82) is 0 Å². The number of fused-ring (bicyclic) bond motifs is 6. The molecule has 0 radical (unpaired) electrons. The summed E-state index contributed by atoms with van der Waals surface area (Å²) >= 11 is 0. The topological polar surface area (TPSA) is 0 Å². The predicted molar refractivity (Wildman–Crippen MR) is 226 cm³/mol. The molecule has 0 heteroatoms. The van der Waals surface area contributed by atoms with Gasteiger partial charge in [-0.1, -0.05) is 170 Å². The van der Waals surface area contributed by atoms with Crippen LogP contribution < -0.4 is 0 Å². The molecule has 0 spiro atoms. The molecule has 8 aromatic carbocycles. The van der Waals surface area contributed by atoms with Crippen molar-refractivity contribution in [2.24, 2.45) is 0 Å². The Morgan fingerprint density at radius 3 is 1.69 bits per heavy atom. The average molecular weight is 673 g/mol. The van der Waals surface area contributed by atoms with Crippen LogP contribution in [0.25, 0.3) is 76.8 Å². The Labute approximate surface area is 309 Å². The zero-order valence-electron chi connectivity index (χ0n) is 32.1. The number of aryl methyl sites for hydroxylation is 1. The highest BCUT2D eigenvalue weighted by Gasteiger charge is 2.37. The lowest BCUT2D eigenvalue weighted by Crippen LogP contribution is -2.16. The van der Waals surface area contributed by atoms with Crippen LogP contribution in [0.3, 0.4) is 0 Å². The van der Waals surface area contributed by atoms with E-state index in [1.54, 1.807) is 0 Å². The molecule has 2 aliphatic carbocycles. The third-order valence-corrected chi connectivity index (χ3v) is 12.0. The van der Waals surface area contributed by atoms with E-state index in [4.69, 9.17) is 0 Å². The Hall–Kier alpha value is -5.20. The number of rotatable bonds is 1. The van der Waals surface area contributed by atoms with Gasteiger partial charge in [0.1, 0.15) is 0 Å². The van der Waals surface area contributed by atoms with Gasteiger partial charge in [0.15, 0.2) is 0 Å². The normalized spacial score (nSPS) is 14.0. The van der Waals surface area contributed by atoms with E-state index in [1.807, 2.05) is 18.2 Å². The zero-order chi connectivity index (χ0) is 36.3. The van der Waals surface area contributed by atoms with Crippen molar-refractivity contribution in [3.8, 4) is 44.5 Å². The summed E-state index contributed by atoms with van der Waals surface area (Å²) in [4.78, 5) is 0. The third-order valence-electron chi connectivity index (χ3n) is 12.0. The first-order valence-electron chi connectivity index (χ1n) is 18.9. The summed E-state index contributed by atoms with van der Waals surface area (Å²) in [5.41, 5.74) is 18.1. The molecule has 0 fully saturated rings. The molecule has 0 bridgehead atoms. The van der Waals surface area contributed by atoms with Gasteiger partial charge in [-0.2, -0.15) is 0 Å². The smallest absolute Gasteiger partial charge is 0.0159 e. The summed E-state index contributed by atoms with van der Waals surface area (Å²) in [6.45, 7) is 20.8. The minimum absolute atomic E-state index is 0.0107. The van der Waals surface area contributed by atoms with Crippen molar-refractivity contribution < 1.29 is 0 Å². The molecular weight excluding hydrogens is 625 g/mol. The minimum Gasteiger partial charge on any atom is -0.0622 e. The van der Waals surface area contributed by atoms with Gasteiger partial charge in [0.05, 0.1) is 0 Å². The third kappa shape index (κ3) is 4.87. The molecule has 0 unspecified atom stereocenters. The van der Waals surface area contributed by atoms with Crippen molar-refractivity contribution in [3.05, 3.63) is 155 Å². The monoisotopic (exact) mass is 672 g/mol. The number of hydrogen-bond acceptors (Lipinski definition) is 0. The summed E-state index contributed by atoms with van der Waals surface area (Å²) in [7, 11) is 0. The lowest BCUT2D eigenvalue weighted by atomic mass is 9.78. The summed E-state index contributed by atoms with van der Waals surface area (Å²) in [6.07, 6.45) is 0. The van der Waals surface area contributed by atoms with Crippen LogP contribution in [0.1, 0.15) is 83.2 Å². The lowest BCUT2D eigenvalue weighted by Gasteiger charge is -2.26. The van der Waals surface area contributed by atoms with Gasteiger partial charge in [-0.3, -0.25) is 0 Å². The quantitative estimate of drug-likeness (QED) is 0.152. The molecule has 256 valence electrons. The second kappa shape index (κ2) is 11.1. The van der Waals surface area contributed by atoms with E-state index in [1.165, 1.54) is 105 Å². The fourth-order valence-corrected chi connectivity index (χ4v) is 8.98. The summed E-state index contributed by atoms with van der Waals surface area (Å²) < 4.78 is 0. The van der Waals surface area contributed by atoms with E-state index in [0.29, 0.717) is 0 Å². The highest BCUT2D eigenvalue weighted by molar-refractivity contribution is 6.33. The number of hydrogen-bond donors (Lipinski definition) is 0. The Morgan fingerprint density at radius 2 is 1.02 bits per heavy atom. The van der Waals surface area contributed by atoms with Crippen molar-refractivity contribution in [3.63, 3.8) is 0 Å². The van der Waals surface area contributed by atoms with Crippen LogP contribution in [0, 0.1) is 6.92 Å². The van der Waals surface area contributed by atoms with Crippen LogP contribution in [-0.4, -0.2) is 0 Å². The van der Waals surface area contributed by atoms with E-state index in [-0.39, 0.29) is 16.2 Å². The molecule has 0 atom stereocenters. The second-order valence-electron chi connectivity index (χ2n) is 17.9. The SMILES string of the molecule is CC(C)(C)c1cc(-c2ccc3cc4c5c(ccc6ccc2c3c65)-c2cc3c(cc2-4)-c2ccccc2C3(C)C)cc(C(C)(C)C)c1.Cc1ccccc1. The molecule has 0 saturated heterocycles. The summed E-state index contributed by atoms with van der Waals surface area (Å²) in [5.74, 6) is 0. The average Bonchev–Trinajstić information content (AvgIpc) is 3.55. The maximum absolute atomic E-state index is 2.52. The van der Waals surface area contributed by atoms with E-state index in [2.05, 4.69) is 172 Å². The molecule has 0 amide bonds. The maximum atomic E-state index is 2.52. The van der Waals surface area contributed by atoms with Gasteiger partial charge in [-0.05, 0) is 135 Å². The molecule has 2 aliphatic rings.